The van der Waals surface area contributed by atoms with Crippen molar-refractivity contribution in [2.24, 2.45) is 11.7 Å². The number of hydrogen-bond acceptors (Lipinski definition) is 1. The first-order valence-corrected chi connectivity index (χ1v) is 7.65. The highest BCUT2D eigenvalue weighted by molar-refractivity contribution is 5.94. The second-order valence-electron chi connectivity index (χ2n) is 5.46. The molecule has 20 heavy (non-hydrogen) atoms. The molecule has 0 saturated heterocycles. The van der Waals surface area contributed by atoms with Crippen molar-refractivity contribution in [3.05, 3.63) is 48.6 Å². The maximum Gasteiger partial charge on any atom is 0.248 e. The molecule has 0 spiro atoms. The van der Waals surface area contributed by atoms with Crippen molar-refractivity contribution in [2.75, 3.05) is 0 Å². The lowest BCUT2D eigenvalue weighted by atomic mass is 9.88. The fraction of sp³-hybridized carbons (Fsp3) is 0.500. The number of amides is 1. The number of primary amides is 1. The standard InChI is InChI=1S/C18H27NO/c1-3-15(13-14-16(4-2)18(19)20)17-11-9-7-5-6-8-10-12-17/h3-4,13-14,17H,1-2,5-12H2,(H2,19,20)/b15-13+,16-14+. The summed E-state index contributed by atoms with van der Waals surface area (Å²) in [4.78, 5) is 11.2. The summed E-state index contributed by atoms with van der Waals surface area (Å²) >= 11 is 0. The molecule has 0 unspecified atom stereocenters. The SMILES string of the molecule is C=C/C(=C\C=C(/C=C)C(N)=O)C1CCCCCCCC1. The Kier molecular flexibility index (Phi) is 7.71. The maximum absolute atomic E-state index is 11.2. The van der Waals surface area contributed by atoms with Gasteiger partial charge in [0.15, 0.2) is 0 Å². The molecule has 2 heteroatoms. The molecule has 110 valence electrons. The minimum atomic E-state index is -0.436. The summed E-state index contributed by atoms with van der Waals surface area (Å²) in [6.45, 7) is 7.54. The van der Waals surface area contributed by atoms with Gasteiger partial charge in [0.25, 0.3) is 0 Å². The zero-order valence-corrected chi connectivity index (χ0v) is 12.4. The summed E-state index contributed by atoms with van der Waals surface area (Å²) < 4.78 is 0. The molecule has 0 heterocycles. The van der Waals surface area contributed by atoms with E-state index in [1.165, 1.54) is 63.0 Å². The molecule has 1 amide bonds. The Morgan fingerprint density at radius 3 is 1.90 bits per heavy atom. The molecule has 0 radical (unpaired) electrons. The van der Waals surface area contributed by atoms with Crippen molar-refractivity contribution in [1.82, 2.24) is 0 Å². The second kappa shape index (κ2) is 9.35. The second-order valence-corrected chi connectivity index (χ2v) is 5.46. The first kappa shape index (κ1) is 16.5. The van der Waals surface area contributed by atoms with Crippen LogP contribution in [0.5, 0.6) is 0 Å². The van der Waals surface area contributed by atoms with Crippen molar-refractivity contribution in [2.45, 2.75) is 51.4 Å². The van der Waals surface area contributed by atoms with E-state index >= 15 is 0 Å². The van der Waals surface area contributed by atoms with E-state index in [0.717, 1.165) is 0 Å². The van der Waals surface area contributed by atoms with E-state index in [2.05, 4.69) is 13.2 Å². The van der Waals surface area contributed by atoms with Gasteiger partial charge in [-0.2, -0.15) is 0 Å². The highest BCUT2D eigenvalue weighted by Gasteiger charge is 2.13. The number of carbonyl (C=O) groups is 1. The van der Waals surface area contributed by atoms with Crippen LogP contribution in [-0.4, -0.2) is 5.91 Å². The highest BCUT2D eigenvalue weighted by Crippen LogP contribution is 2.28. The summed E-state index contributed by atoms with van der Waals surface area (Å²) in [5.74, 6) is 0.120. The van der Waals surface area contributed by atoms with Gasteiger partial charge in [0.2, 0.25) is 5.91 Å². The minimum absolute atomic E-state index is 0.436. The van der Waals surface area contributed by atoms with E-state index in [0.29, 0.717) is 11.5 Å². The Morgan fingerprint density at radius 2 is 1.45 bits per heavy atom. The Bertz CT molecular complexity index is 394. The molecule has 1 aliphatic carbocycles. The lowest BCUT2D eigenvalue weighted by Crippen LogP contribution is -2.12. The average molecular weight is 273 g/mol. The van der Waals surface area contributed by atoms with E-state index < -0.39 is 5.91 Å². The third-order valence-corrected chi connectivity index (χ3v) is 4.02. The topological polar surface area (TPSA) is 43.1 Å². The summed E-state index contributed by atoms with van der Waals surface area (Å²) in [7, 11) is 0. The number of hydrogen-bond donors (Lipinski definition) is 1. The average Bonchev–Trinajstić information content (AvgIpc) is 2.57. The molecule has 0 aliphatic heterocycles. The smallest absolute Gasteiger partial charge is 0.248 e. The third-order valence-electron chi connectivity index (χ3n) is 4.02. The van der Waals surface area contributed by atoms with Gasteiger partial charge >= 0.3 is 0 Å². The number of rotatable bonds is 5. The van der Waals surface area contributed by atoms with Gasteiger partial charge in [0.05, 0.1) is 0 Å². The van der Waals surface area contributed by atoms with Crippen LogP contribution in [0.15, 0.2) is 48.6 Å². The predicted molar refractivity (Wildman–Crippen MR) is 86.2 cm³/mol. The van der Waals surface area contributed by atoms with Crippen LogP contribution in [0.2, 0.25) is 0 Å². The molecule has 2 nitrogen and oxygen atoms in total. The molecule has 0 aromatic heterocycles. The number of nitrogens with two attached hydrogens (primary N) is 1. The first-order chi connectivity index (χ1) is 9.69. The maximum atomic E-state index is 11.2. The first-order valence-electron chi connectivity index (χ1n) is 7.65. The fourth-order valence-electron chi connectivity index (χ4n) is 2.77. The molecule has 1 rings (SSSR count). The van der Waals surface area contributed by atoms with Crippen molar-refractivity contribution < 1.29 is 4.79 Å². The summed E-state index contributed by atoms with van der Waals surface area (Å²) in [5.41, 5.74) is 6.95. The predicted octanol–water partition coefficient (Wildman–Crippen LogP) is 4.45. The van der Waals surface area contributed by atoms with Gasteiger partial charge in [-0.1, -0.05) is 69.9 Å². The molecular weight excluding hydrogens is 246 g/mol. The van der Waals surface area contributed by atoms with Gasteiger partial charge in [-0.25, -0.2) is 0 Å². The van der Waals surface area contributed by atoms with Crippen LogP contribution < -0.4 is 5.73 Å². The Hall–Kier alpha value is -1.57. The van der Waals surface area contributed by atoms with Gasteiger partial charge < -0.3 is 5.73 Å². The molecule has 0 aromatic rings. The fourth-order valence-corrected chi connectivity index (χ4v) is 2.77. The summed E-state index contributed by atoms with van der Waals surface area (Å²) in [6.07, 6.45) is 17.5. The van der Waals surface area contributed by atoms with Crippen LogP contribution in [0.25, 0.3) is 0 Å². The Labute approximate surface area is 123 Å². The lowest BCUT2D eigenvalue weighted by Gasteiger charge is -2.17. The van der Waals surface area contributed by atoms with Crippen LogP contribution in [0.4, 0.5) is 0 Å². The molecule has 1 saturated carbocycles. The molecule has 2 N–H and O–H groups in total. The zero-order valence-electron chi connectivity index (χ0n) is 12.4. The van der Waals surface area contributed by atoms with Crippen LogP contribution in [0.1, 0.15) is 51.4 Å². The van der Waals surface area contributed by atoms with Crippen molar-refractivity contribution in [3.8, 4) is 0 Å². The lowest BCUT2D eigenvalue weighted by molar-refractivity contribution is -0.114. The molecule has 1 aliphatic rings. The summed E-state index contributed by atoms with van der Waals surface area (Å²) in [6, 6.07) is 0. The molecule has 1 fully saturated rings. The monoisotopic (exact) mass is 273 g/mol. The van der Waals surface area contributed by atoms with Gasteiger partial charge in [-0.3, -0.25) is 4.79 Å². The van der Waals surface area contributed by atoms with Crippen LogP contribution in [-0.2, 0) is 4.79 Å². The quantitative estimate of drug-likeness (QED) is 0.583. The normalized spacial score (nSPS) is 19.6. The zero-order chi connectivity index (χ0) is 14.8. The summed E-state index contributed by atoms with van der Waals surface area (Å²) in [5, 5.41) is 0. The Morgan fingerprint density at radius 1 is 0.900 bits per heavy atom. The van der Waals surface area contributed by atoms with Crippen LogP contribution in [0.3, 0.4) is 0 Å². The van der Waals surface area contributed by atoms with Gasteiger partial charge in [-0.15, -0.1) is 0 Å². The van der Waals surface area contributed by atoms with Crippen molar-refractivity contribution in [1.29, 1.82) is 0 Å². The highest BCUT2D eigenvalue weighted by atomic mass is 16.1. The van der Waals surface area contributed by atoms with Crippen LogP contribution in [0, 0.1) is 5.92 Å². The van der Waals surface area contributed by atoms with Gasteiger partial charge in [0, 0.05) is 5.57 Å². The molecule has 0 bridgehead atoms. The van der Waals surface area contributed by atoms with Crippen molar-refractivity contribution in [3.63, 3.8) is 0 Å². The number of carbonyl (C=O) groups excluding carboxylic acids is 1. The van der Waals surface area contributed by atoms with E-state index in [9.17, 15) is 4.79 Å². The largest absolute Gasteiger partial charge is 0.366 e. The van der Waals surface area contributed by atoms with Crippen molar-refractivity contribution >= 4 is 5.91 Å². The Balaban J connectivity index is 2.82. The van der Waals surface area contributed by atoms with E-state index in [1.54, 1.807) is 6.08 Å². The minimum Gasteiger partial charge on any atom is -0.366 e. The number of allylic oxidation sites excluding steroid dienone is 4. The van der Waals surface area contributed by atoms with E-state index in [1.807, 2.05) is 12.2 Å². The van der Waals surface area contributed by atoms with E-state index in [4.69, 9.17) is 5.73 Å². The molecule has 0 atom stereocenters. The molecular formula is C18H27NO. The van der Waals surface area contributed by atoms with E-state index in [-0.39, 0.29) is 0 Å². The molecule has 0 aromatic carbocycles. The van der Waals surface area contributed by atoms with Gasteiger partial charge in [0.1, 0.15) is 0 Å². The van der Waals surface area contributed by atoms with Crippen LogP contribution >= 0.6 is 0 Å². The van der Waals surface area contributed by atoms with Gasteiger partial charge in [-0.05, 0) is 30.4 Å². The third kappa shape index (κ3) is 5.60.